The molecule has 0 aromatic rings. The maximum atomic E-state index is 5.87. The topological polar surface area (TPSA) is 32.5 Å². The van der Waals surface area contributed by atoms with E-state index in [2.05, 4.69) is 16.7 Å². The van der Waals surface area contributed by atoms with Crippen LogP contribution in [0.3, 0.4) is 0 Å². The highest BCUT2D eigenvalue weighted by atomic mass is 15.3. The molecule has 1 aliphatic carbocycles. The Morgan fingerprint density at radius 2 is 1.78 bits per heavy atom. The molecule has 0 aromatic carbocycles. The molecule has 18 heavy (non-hydrogen) atoms. The van der Waals surface area contributed by atoms with Gasteiger partial charge in [0.25, 0.3) is 0 Å². The molecule has 0 spiro atoms. The Kier molecular flexibility index (Phi) is 5.93. The molecule has 0 radical (unpaired) electrons. The maximum absolute atomic E-state index is 5.87. The van der Waals surface area contributed by atoms with Gasteiger partial charge >= 0.3 is 0 Å². The third kappa shape index (κ3) is 3.94. The second-order valence-electron chi connectivity index (χ2n) is 6.17. The lowest BCUT2D eigenvalue weighted by Gasteiger charge is -2.39. The van der Waals surface area contributed by atoms with E-state index in [1.807, 2.05) is 0 Å². The normalized spacial score (nSPS) is 25.7. The summed E-state index contributed by atoms with van der Waals surface area (Å²) in [6.07, 6.45) is 8.36. The number of nitrogens with zero attached hydrogens (tertiary/aromatic N) is 2. The first-order valence-corrected chi connectivity index (χ1v) is 8.00. The molecule has 2 fully saturated rings. The largest absolute Gasteiger partial charge is 0.330 e. The Balaban J connectivity index is 1.69. The van der Waals surface area contributed by atoms with Crippen molar-refractivity contribution in [3.63, 3.8) is 0 Å². The highest BCUT2D eigenvalue weighted by Crippen LogP contribution is 2.24. The van der Waals surface area contributed by atoms with Crippen LogP contribution in [-0.2, 0) is 0 Å². The second-order valence-corrected chi connectivity index (χ2v) is 6.17. The smallest absolute Gasteiger partial charge is 0.0113 e. The zero-order chi connectivity index (χ0) is 12.8. The van der Waals surface area contributed by atoms with E-state index in [0.717, 1.165) is 12.6 Å². The van der Waals surface area contributed by atoms with E-state index in [1.54, 1.807) is 0 Å². The van der Waals surface area contributed by atoms with Gasteiger partial charge in [0.1, 0.15) is 0 Å². The number of hydrogen-bond acceptors (Lipinski definition) is 3. The Bertz CT molecular complexity index is 218. The summed E-state index contributed by atoms with van der Waals surface area (Å²) in [7, 11) is 0. The van der Waals surface area contributed by atoms with Crippen LogP contribution in [0, 0.1) is 5.92 Å². The molecule has 106 valence electrons. The molecule has 2 rings (SSSR count). The van der Waals surface area contributed by atoms with Crippen LogP contribution in [0.4, 0.5) is 0 Å². The van der Waals surface area contributed by atoms with Crippen LogP contribution in [0.2, 0.25) is 0 Å². The fraction of sp³-hybridized carbons (Fsp3) is 1.00. The van der Waals surface area contributed by atoms with E-state index in [-0.39, 0.29) is 0 Å². The predicted octanol–water partition coefficient (Wildman–Crippen LogP) is 1.92. The fourth-order valence-corrected chi connectivity index (χ4v) is 3.64. The van der Waals surface area contributed by atoms with Gasteiger partial charge in [-0.1, -0.05) is 26.2 Å². The van der Waals surface area contributed by atoms with Crippen molar-refractivity contribution >= 4 is 0 Å². The van der Waals surface area contributed by atoms with Gasteiger partial charge in [0.15, 0.2) is 0 Å². The van der Waals surface area contributed by atoms with E-state index in [1.165, 1.54) is 71.2 Å². The summed E-state index contributed by atoms with van der Waals surface area (Å²) < 4.78 is 0. The molecular formula is C15H31N3. The Morgan fingerprint density at radius 1 is 1.11 bits per heavy atom. The molecule has 3 heteroatoms. The predicted molar refractivity (Wildman–Crippen MR) is 77.7 cm³/mol. The number of piperazine rings is 1. The summed E-state index contributed by atoms with van der Waals surface area (Å²) in [5.41, 5.74) is 5.87. The van der Waals surface area contributed by atoms with Crippen LogP contribution in [-0.4, -0.2) is 55.1 Å². The molecule has 2 N–H and O–H groups in total. The monoisotopic (exact) mass is 253 g/mol. The molecule has 1 saturated carbocycles. The Morgan fingerprint density at radius 3 is 2.33 bits per heavy atom. The summed E-state index contributed by atoms with van der Waals surface area (Å²) in [5, 5.41) is 0. The van der Waals surface area contributed by atoms with Gasteiger partial charge in [-0.2, -0.15) is 0 Å². The quantitative estimate of drug-likeness (QED) is 0.785. The first kappa shape index (κ1) is 14.3. The molecule has 0 amide bonds. The van der Waals surface area contributed by atoms with E-state index in [0.29, 0.717) is 5.92 Å². The molecule has 2 aliphatic rings. The van der Waals surface area contributed by atoms with Crippen molar-refractivity contribution in [3.8, 4) is 0 Å². The number of hydrogen-bond donors (Lipinski definition) is 1. The van der Waals surface area contributed by atoms with Gasteiger partial charge in [-0.05, 0) is 31.7 Å². The van der Waals surface area contributed by atoms with Crippen LogP contribution < -0.4 is 5.73 Å². The summed E-state index contributed by atoms with van der Waals surface area (Å²) in [4.78, 5) is 5.37. The molecule has 3 nitrogen and oxygen atoms in total. The molecule has 0 aromatic heterocycles. The van der Waals surface area contributed by atoms with Gasteiger partial charge in [0.05, 0.1) is 0 Å². The molecule has 1 aliphatic heterocycles. The lowest BCUT2D eigenvalue weighted by molar-refractivity contribution is 0.0872. The minimum atomic E-state index is 0.716. The fourth-order valence-electron chi connectivity index (χ4n) is 3.64. The third-order valence-corrected chi connectivity index (χ3v) is 4.79. The molecule has 1 atom stereocenters. The van der Waals surface area contributed by atoms with Crippen LogP contribution in [0.25, 0.3) is 0 Å². The maximum Gasteiger partial charge on any atom is 0.0113 e. The summed E-state index contributed by atoms with van der Waals surface area (Å²) >= 11 is 0. The Hall–Kier alpha value is -0.120. The summed E-state index contributed by atoms with van der Waals surface area (Å²) in [5.74, 6) is 0.716. The van der Waals surface area contributed by atoms with Crippen molar-refractivity contribution < 1.29 is 0 Å². The summed E-state index contributed by atoms with van der Waals surface area (Å²) in [6.45, 7) is 9.44. The van der Waals surface area contributed by atoms with Crippen molar-refractivity contribution in [2.24, 2.45) is 11.7 Å². The Labute approximate surface area is 113 Å². The minimum Gasteiger partial charge on any atom is -0.330 e. The zero-order valence-electron chi connectivity index (χ0n) is 12.1. The summed E-state index contributed by atoms with van der Waals surface area (Å²) in [6, 6.07) is 0.910. The highest BCUT2D eigenvalue weighted by molar-refractivity contribution is 4.82. The molecule has 1 heterocycles. The SMILES string of the molecule is CCCC(CN)CN1CCN(C2CCCC2)CC1. The van der Waals surface area contributed by atoms with Crippen LogP contribution >= 0.6 is 0 Å². The van der Waals surface area contributed by atoms with Gasteiger partial charge in [0.2, 0.25) is 0 Å². The van der Waals surface area contributed by atoms with E-state index in [4.69, 9.17) is 5.73 Å². The standard InChI is InChI=1S/C15H31N3/c1-2-5-14(12-16)13-17-8-10-18(11-9-17)15-6-3-4-7-15/h14-15H,2-13,16H2,1H3. The molecule has 1 saturated heterocycles. The average molecular weight is 253 g/mol. The lowest BCUT2D eigenvalue weighted by Crippen LogP contribution is -2.51. The molecule has 1 unspecified atom stereocenters. The highest BCUT2D eigenvalue weighted by Gasteiger charge is 2.26. The van der Waals surface area contributed by atoms with Gasteiger partial charge < -0.3 is 10.6 Å². The van der Waals surface area contributed by atoms with Crippen molar-refractivity contribution in [1.82, 2.24) is 9.80 Å². The number of rotatable bonds is 6. The number of nitrogens with two attached hydrogens (primary N) is 1. The lowest BCUT2D eigenvalue weighted by atomic mass is 10.0. The van der Waals surface area contributed by atoms with E-state index >= 15 is 0 Å². The van der Waals surface area contributed by atoms with E-state index in [9.17, 15) is 0 Å². The molecular weight excluding hydrogens is 222 g/mol. The van der Waals surface area contributed by atoms with Crippen molar-refractivity contribution in [1.29, 1.82) is 0 Å². The average Bonchev–Trinajstić information content (AvgIpc) is 2.93. The van der Waals surface area contributed by atoms with Crippen molar-refractivity contribution in [2.45, 2.75) is 51.5 Å². The van der Waals surface area contributed by atoms with Crippen LogP contribution in [0.15, 0.2) is 0 Å². The van der Waals surface area contributed by atoms with Gasteiger partial charge in [0, 0.05) is 38.8 Å². The third-order valence-electron chi connectivity index (χ3n) is 4.79. The van der Waals surface area contributed by atoms with E-state index < -0.39 is 0 Å². The van der Waals surface area contributed by atoms with Gasteiger partial charge in [-0.25, -0.2) is 0 Å². The molecule has 0 bridgehead atoms. The van der Waals surface area contributed by atoms with Gasteiger partial charge in [-0.3, -0.25) is 4.90 Å². The minimum absolute atomic E-state index is 0.716. The van der Waals surface area contributed by atoms with Crippen LogP contribution in [0.5, 0.6) is 0 Å². The first-order chi connectivity index (χ1) is 8.83. The first-order valence-electron chi connectivity index (χ1n) is 8.00. The van der Waals surface area contributed by atoms with Crippen LogP contribution in [0.1, 0.15) is 45.4 Å². The second kappa shape index (κ2) is 7.46. The van der Waals surface area contributed by atoms with Crippen molar-refractivity contribution in [2.75, 3.05) is 39.3 Å². The van der Waals surface area contributed by atoms with Gasteiger partial charge in [-0.15, -0.1) is 0 Å². The zero-order valence-corrected chi connectivity index (χ0v) is 12.1. The van der Waals surface area contributed by atoms with Crippen molar-refractivity contribution in [3.05, 3.63) is 0 Å².